The van der Waals surface area contributed by atoms with Crippen LogP contribution in [0.3, 0.4) is 0 Å². The number of ether oxygens (including phenoxy) is 4. The summed E-state index contributed by atoms with van der Waals surface area (Å²) < 4.78 is 21.4. The number of likely N-dealkylation sites (tertiary alicyclic amines) is 1. The Hall–Kier alpha value is -2.38. The minimum atomic E-state index is -0.477. The highest BCUT2D eigenvalue weighted by Gasteiger charge is 2.17. The molecular formula is C40H71N3O8S2. The smallest absolute Gasteiger partial charge is 0.409 e. The Morgan fingerprint density at radius 2 is 1.17 bits per heavy atom. The normalized spacial score (nSPS) is 13.5. The van der Waals surface area contributed by atoms with Gasteiger partial charge in [0, 0.05) is 50.5 Å². The molecule has 53 heavy (non-hydrogen) atoms. The van der Waals surface area contributed by atoms with Crippen molar-refractivity contribution in [3.8, 4) is 0 Å². The molecule has 0 aliphatic carbocycles. The molecule has 2 amide bonds. The number of carbonyl (C=O) groups is 4. The van der Waals surface area contributed by atoms with Gasteiger partial charge in [0.1, 0.15) is 26.4 Å². The molecule has 0 radical (unpaired) electrons. The molecule has 306 valence electrons. The highest BCUT2D eigenvalue weighted by atomic mass is 33.1. The maximum absolute atomic E-state index is 13.0. The van der Waals surface area contributed by atoms with Crippen LogP contribution in [0.5, 0.6) is 0 Å². The van der Waals surface area contributed by atoms with E-state index in [0.29, 0.717) is 50.6 Å². The van der Waals surface area contributed by atoms with E-state index in [1.165, 1.54) is 64.2 Å². The van der Waals surface area contributed by atoms with Crippen molar-refractivity contribution in [3.63, 3.8) is 0 Å². The van der Waals surface area contributed by atoms with Gasteiger partial charge >= 0.3 is 24.1 Å². The van der Waals surface area contributed by atoms with E-state index in [9.17, 15) is 19.2 Å². The van der Waals surface area contributed by atoms with Crippen LogP contribution >= 0.6 is 21.6 Å². The van der Waals surface area contributed by atoms with Crippen LogP contribution < -0.4 is 5.32 Å². The Labute approximate surface area is 328 Å². The summed E-state index contributed by atoms with van der Waals surface area (Å²) in [5.41, 5.74) is 0. The third-order valence-electron chi connectivity index (χ3n) is 8.61. The maximum Gasteiger partial charge on any atom is 0.409 e. The van der Waals surface area contributed by atoms with Crippen LogP contribution in [0.1, 0.15) is 129 Å². The van der Waals surface area contributed by atoms with E-state index in [1.54, 1.807) is 26.5 Å². The SMILES string of the molecule is CCCCCC/C=C\COC(=O)CCCN(CCCC(=O)OC/C=C\CCCCCC)C(=O)OCCSSCCOC(=O)NCCN1CCCCCC1. The lowest BCUT2D eigenvalue weighted by atomic mass is 10.1. The fourth-order valence-electron chi connectivity index (χ4n) is 5.57. The molecule has 0 unspecified atom stereocenters. The van der Waals surface area contributed by atoms with Crippen molar-refractivity contribution in [3.05, 3.63) is 24.3 Å². The van der Waals surface area contributed by atoms with Crippen molar-refractivity contribution >= 4 is 45.7 Å². The summed E-state index contributed by atoms with van der Waals surface area (Å²) in [4.78, 5) is 53.4. The highest BCUT2D eigenvalue weighted by Crippen LogP contribution is 2.20. The van der Waals surface area contributed by atoms with E-state index in [1.807, 2.05) is 12.2 Å². The number of nitrogens with one attached hydrogen (secondary N) is 1. The zero-order valence-corrected chi connectivity index (χ0v) is 34.6. The molecule has 0 atom stereocenters. The molecule has 0 aromatic carbocycles. The number of esters is 2. The van der Waals surface area contributed by atoms with E-state index < -0.39 is 12.2 Å². The van der Waals surface area contributed by atoms with Gasteiger partial charge in [-0.25, -0.2) is 9.59 Å². The van der Waals surface area contributed by atoms with Gasteiger partial charge in [-0.15, -0.1) is 0 Å². The molecule has 1 fully saturated rings. The molecule has 0 bridgehead atoms. The molecule has 1 aliphatic heterocycles. The monoisotopic (exact) mass is 785 g/mol. The molecule has 1 rings (SSSR count). The molecule has 1 aliphatic rings. The predicted molar refractivity (Wildman–Crippen MR) is 218 cm³/mol. The van der Waals surface area contributed by atoms with Crippen LogP contribution in [0.2, 0.25) is 0 Å². The fourth-order valence-corrected chi connectivity index (χ4v) is 7.22. The van der Waals surface area contributed by atoms with Crippen LogP contribution in [0.25, 0.3) is 0 Å². The lowest BCUT2D eigenvalue weighted by molar-refractivity contribution is -0.143. The Bertz CT molecular complexity index is 949. The van der Waals surface area contributed by atoms with Crippen molar-refractivity contribution < 1.29 is 38.1 Å². The van der Waals surface area contributed by atoms with Gasteiger partial charge in [0.15, 0.2) is 0 Å². The third-order valence-corrected chi connectivity index (χ3v) is 10.9. The summed E-state index contributed by atoms with van der Waals surface area (Å²) in [6.45, 7) is 9.66. The van der Waals surface area contributed by atoms with Gasteiger partial charge in [0.25, 0.3) is 0 Å². The number of allylic oxidation sites excluding steroid dienone is 2. The summed E-state index contributed by atoms with van der Waals surface area (Å²) in [6.07, 6.45) is 24.8. The van der Waals surface area contributed by atoms with Gasteiger partial charge in [-0.3, -0.25) is 9.59 Å². The topological polar surface area (TPSA) is 124 Å². The average Bonchev–Trinajstić information content (AvgIpc) is 3.43. The second kappa shape index (κ2) is 36.6. The summed E-state index contributed by atoms with van der Waals surface area (Å²) in [5.74, 6) is 0.584. The first-order valence-corrected chi connectivity index (χ1v) is 22.8. The number of nitrogens with zero attached hydrogens (tertiary/aromatic N) is 2. The minimum absolute atomic E-state index is 0.186. The van der Waals surface area contributed by atoms with Gasteiger partial charge in [0.05, 0.1) is 0 Å². The standard InChI is InChI=1S/C40H71N3O8S2/c1-3-5-7-9-11-15-19-31-48-37(44)23-21-28-43(29-22-24-38(45)49-32-20-16-12-10-8-6-4-2)40(47)51-34-36-53-52-35-33-50-39(46)41-25-30-42-26-17-13-14-18-27-42/h15-16,19-20H,3-14,17-18,21-36H2,1-2H3,(H,41,46)/b19-15-,20-16-. The summed E-state index contributed by atoms with van der Waals surface area (Å²) in [6, 6.07) is 0. The average molecular weight is 786 g/mol. The molecule has 0 saturated carbocycles. The first-order chi connectivity index (χ1) is 26.0. The summed E-state index contributed by atoms with van der Waals surface area (Å²) in [7, 11) is 3.09. The molecule has 0 aromatic rings. The Balaban J connectivity index is 2.32. The van der Waals surface area contributed by atoms with E-state index >= 15 is 0 Å². The van der Waals surface area contributed by atoms with E-state index in [4.69, 9.17) is 18.9 Å². The van der Waals surface area contributed by atoms with Crippen LogP contribution in [-0.2, 0) is 28.5 Å². The summed E-state index contributed by atoms with van der Waals surface area (Å²) >= 11 is 0. The zero-order valence-electron chi connectivity index (χ0n) is 33.0. The van der Waals surface area contributed by atoms with Gasteiger partial charge in [0.2, 0.25) is 0 Å². The molecule has 1 N–H and O–H groups in total. The lowest BCUT2D eigenvalue weighted by Crippen LogP contribution is -2.35. The number of amides is 2. The van der Waals surface area contributed by atoms with Gasteiger partial charge in [-0.1, -0.05) is 111 Å². The second-order valence-corrected chi connectivity index (χ2v) is 16.0. The summed E-state index contributed by atoms with van der Waals surface area (Å²) in [5, 5.41) is 2.83. The molecule has 1 heterocycles. The van der Waals surface area contributed by atoms with E-state index in [-0.39, 0.29) is 44.6 Å². The van der Waals surface area contributed by atoms with Crippen LogP contribution in [-0.4, -0.2) is 111 Å². The number of unbranched alkanes of at least 4 members (excludes halogenated alkanes) is 8. The zero-order chi connectivity index (χ0) is 38.5. The van der Waals surface area contributed by atoms with Crippen molar-refractivity contribution in [2.45, 2.75) is 129 Å². The van der Waals surface area contributed by atoms with E-state index in [2.05, 4.69) is 36.2 Å². The van der Waals surface area contributed by atoms with Crippen molar-refractivity contribution in [1.29, 1.82) is 0 Å². The van der Waals surface area contributed by atoms with Crippen molar-refractivity contribution in [2.24, 2.45) is 0 Å². The quantitative estimate of drug-likeness (QED) is 0.0231. The number of hydrogen-bond donors (Lipinski definition) is 1. The second-order valence-electron chi connectivity index (χ2n) is 13.3. The van der Waals surface area contributed by atoms with Gasteiger partial charge < -0.3 is 34.1 Å². The minimum Gasteiger partial charge on any atom is -0.461 e. The van der Waals surface area contributed by atoms with Crippen molar-refractivity contribution in [2.75, 3.05) is 77.2 Å². The third kappa shape index (κ3) is 31.7. The largest absolute Gasteiger partial charge is 0.461 e. The Morgan fingerprint density at radius 3 is 1.70 bits per heavy atom. The van der Waals surface area contributed by atoms with Crippen molar-refractivity contribution in [1.82, 2.24) is 15.1 Å². The molecule has 11 nitrogen and oxygen atoms in total. The van der Waals surface area contributed by atoms with Gasteiger partial charge in [-0.2, -0.15) is 0 Å². The Morgan fingerprint density at radius 1 is 0.642 bits per heavy atom. The van der Waals surface area contributed by atoms with Crippen LogP contribution in [0.15, 0.2) is 24.3 Å². The molecular weight excluding hydrogens is 715 g/mol. The highest BCUT2D eigenvalue weighted by molar-refractivity contribution is 8.76. The van der Waals surface area contributed by atoms with E-state index in [0.717, 1.165) is 45.3 Å². The number of carbonyl (C=O) groups excluding carboxylic acids is 4. The van der Waals surface area contributed by atoms with Gasteiger partial charge in [-0.05, 0) is 64.5 Å². The molecule has 0 spiro atoms. The molecule has 1 saturated heterocycles. The van der Waals surface area contributed by atoms with Crippen LogP contribution in [0.4, 0.5) is 9.59 Å². The maximum atomic E-state index is 13.0. The number of hydrogen-bond acceptors (Lipinski definition) is 11. The van der Waals surface area contributed by atoms with Crippen LogP contribution in [0, 0.1) is 0 Å². The lowest BCUT2D eigenvalue weighted by Gasteiger charge is -2.22. The molecule has 13 heteroatoms. The predicted octanol–water partition coefficient (Wildman–Crippen LogP) is 9.11. The first kappa shape index (κ1) is 48.6. The number of alkyl carbamates (subject to hydrolysis) is 1. The fraction of sp³-hybridized carbons (Fsp3) is 0.800. The Kier molecular flexibility index (Phi) is 33.6. The first-order valence-electron chi connectivity index (χ1n) is 20.4. The number of rotatable bonds is 32. The molecule has 0 aromatic heterocycles.